The lowest BCUT2D eigenvalue weighted by Crippen LogP contribution is -2.16. The normalized spacial score (nSPS) is 10.3. The standard InChI is InChI=1S/C12H7N5O2S/c13-3-8-4-15-17(10(8)14)12(18)9-6-20-11(16-9)7-1-2-19-5-7/h1-2,4-6H,14H2. The molecule has 0 aliphatic heterocycles. The highest BCUT2D eigenvalue weighted by Crippen LogP contribution is 2.24. The maximum atomic E-state index is 12.2. The second kappa shape index (κ2) is 4.64. The molecular formula is C12H7N5O2S. The predicted octanol–water partition coefficient (Wildman–Crippen LogP) is 1.74. The van der Waals surface area contributed by atoms with E-state index in [0.717, 1.165) is 10.2 Å². The Morgan fingerprint density at radius 3 is 3.05 bits per heavy atom. The Bertz CT molecular complexity index is 809. The third kappa shape index (κ3) is 1.86. The Morgan fingerprint density at radius 1 is 1.55 bits per heavy atom. The maximum absolute atomic E-state index is 12.2. The van der Waals surface area contributed by atoms with Gasteiger partial charge >= 0.3 is 0 Å². The minimum atomic E-state index is -0.477. The molecule has 8 heteroatoms. The molecule has 0 saturated carbocycles. The number of hydrogen-bond acceptors (Lipinski definition) is 7. The Hall–Kier alpha value is -2.92. The fraction of sp³-hybridized carbons (Fsp3) is 0. The first-order chi connectivity index (χ1) is 9.70. The van der Waals surface area contributed by atoms with E-state index in [-0.39, 0.29) is 17.1 Å². The van der Waals surface area contributed by atoms with Crippen molar-refractivity contribution in [3.05, 3.63) is 41.4 Å². The Morgan fingerprint density at radius 2 is 2.40 bits per heavy atom. The summed E-state index contributed by atoms with van der Waals surface area (Å²) in [6.45, 7) is 0. The van der Waals surface area contributed by atoms with E-state index in [1.54, 1.807) is 17.7 Å². The largest absolute Gasteiger partial charge is 0.472 e. The number of rotatable bonds is 2. The third-order valence-electron chi connectivity index (χ3n) is 2.61. The van der Waals surface area contributed by atoms with E-state index in [9.17, 15) is 4.79 Å². The first kappa shape index (κ1) is 12.1. The summed E-state index contributed by atoms with van der Waals surface area (Å²) in [6, 6.07) is 3.61. The lowest BCUT2D eigenvalue weighted by atomic mass is 10.3. The minimum absolute atomic E-state index is 0.00959. The van der Waals surface area contributed by atoms with Crippen LogP contribution in [0.1, 0.15) is 16.1 Å². The summed E-state index contributed by atoms with van der Waals surface area (Å²) in [4.78, 5) is 16.4. The maximum Gasteiger partial charge on any atom is 0.299 e. The molecular weight excluding hydrogens is 278 g/mol. The smallest absolute Gasteiger partial charge is 0.299 e. The second-order valence-electron chi connectivity index (χ2n) is 3.82. The van der Waals surface area contributed by atoms with Gasteiger partial charge in [0, 0.05) is 10.9 Å². The van der Waals surface area contributed by atoms with Crippen molar-refractivity contribution in [1.29, 1.82) is 5.26 Å². The van der Waals surface area contributed by atoms with Gasteiger partial charge in [0.25, 0.3) is 5.91 Å². The van der Waals surface area contributed by atoms with Crippen LogP contribution in [0.2, 0.25) is 0 Å². The van der Waals surface area contributed by atoms with Crippen LogP contribution in [0.15, 0.2) is 34.6 Å². The first-order valence-electron chi connectivity index (χ1n) is 5.47. The molecule has 0 aliphatic rings. The molecule has 3 heterocycles. The fourth-order valence-electron chi connectivity index (χ4n) is 1.61. The van der Waals surface area contributed by atoms with Gasteiger partial charge in [0.1, 0.15) is 34.4 Å². The van der Waals surface area contributed by atoms with Gasteiger partial charge in [0.2, 0.25) is 0 Å². The zero-order chi connectivity index (χ0) is 14.1. The fourth-order valence-corrected chi connectivity index (χ4v) is 2.39. The number of furan rings is 1. The number of nitrogens with two attached hydrogens (primary N) is 1. The molecule has 0 bridgehead atoms. The predicted molar refractivity (Wildman–Crippen MR) is 70.9 cm³/mol. The van der Waals surface area contributed by atoms with Crippen molar-refractivity contribution in [3.63, 3.8) is 0 Å². The van der Waals surface area contributed by atoms with Gasteiger partial charge in [0.15, 0.2) is 0 Å². The number of carbonyl (C=O) groups excluding carboxylic acids is 1. The van der Waals surface area contributed by atoms with Crippen LogP contribution in [0.25, 0.3) is 10.6 Å². The van der Waals surface area contributed by atoms with Crippen molar-refractivity contribution < 1.29 is 9.21 Å². The molecule has 0 aromatic carbocycles. The molecule has 7 nitrogen and oxygen atoms in total. The Balaban J connectivity index is 1.95. The zero-order valence-corrected chi connectivity index (χ0v) is 10.8. The van der Waals surface area contributed by atoms with Gasteiger partial charge in [-0.2, -0.15) is 15.0 Å². The average Bonchev–Trinajstić information content (AvgIpc) is 3.18. The summed E-state index contributed by atoms with van der Waals surface area (Å²) >= 11 is 1.31. The number of aromatic nitrogens is 3. The first-order valence-corrected chi connectivity index (χ1v) is 6.35. The van der Waals surface area contributed by atoms with Crippen molar-refractivity contribution >= 4 is 23.1 Å². The molecule has 0 aliphatic carbocycles. The summed E-state index contributed by atoms with van der Waals surface area (Å²) < 4.78 is 5.93. The van der Waals surface area contributed by atoms with Crippen molar-refractivity contribution in [2.75, 3.05) is 5.73 Å². The molecule has 0 fully saturated rings. The zero-order valence-electron chi connectivity index (χ0n) is 9.98. The van der Waals surface area contributed by atoms with E-state index in [0.29, 0.717) is 5.01 Å². The molecule has 3 aromatic heterocycles. The van der Waals surface area contributed by atoms with Crippen molar-refractivity contribution in [2.45, 2.75) is 0 Å². The van der Waals surface area contributed by atoms with Crippen molar-refractivity contribution in [1.82, 2.24) is 14.8 Å². The summed E-state index contributed by atoms with van der Waals surface area (Å²) in [7, 11) is 0. The number of nitrogen functional groups attached to an aromatic ring is 1. The van der Waals surface area contributed by atoms with E-state index in [4.69, 9.17) is 15.4 Å². The van der Waals surface area contributed by atoms with E-state index in [1.165, 1.54) is 23.8 Å². The quantitative estimate of drug-likeness (QED) is 0.767. The molecule has 0 saturated heterocycles. The summed E-state index contributed by atoms with van der Waals surface area (Å²) in [5.74, 6) is -0.467. The summed E-state index contributed by atoms with van der Waals surface area (Å²) in [6.07, 6.45) is 4.32. The SMILES string of the molecule is N#Cc1cnn(C(=O)c2csc(-c3ccoc3)n2)c1N. The van der Waals surface area contributed by atoms with Crippen LogP contribution in [-0.2, 0) is 0 Å². The Labute approximate surface area is 116 Å². The van der Waals surface area contributed by atoms with Gasteiger partial charge in [-0.05, 0) is 6.07 Å². The number of hydrogen-bond donors (Lipinski definition) is 1. The number of thiazole rings is 1. The topological polar surface area (TPSA) is 111 Å². The minimum Gasteiger partial charge on any atom is -0.472 e. The lowest BCUT2D eigenvalue weighted by molar-refractivity contribution is 0.0944. The molecule has 98 valence electrons. The monoisotopic (exact) mass is 285 g/mol. The van der Waals surface area contributed by atoms with Crippen LogP contribution in [0, 0.1) is 11.3 Å². The summed E-state index contributed by atoms with van der Waals surface area (Å²) in [5.41, 5.74) is 6.83. The van der Waals surface area contributed by atoms with Gasteiger partial charge in [-0.3, -0.25) is 4.79 Å². The van der Waals surface area contributed by atoms with Crippen molar-refractivity contribution in [2.24, 2.45) is 0 Å². The Kier molecular flexibility index (Phi) is 2.81. The third-order valence-corrected chi connectivity index (χ3v) is 3.50. The van der Waals surface area contributed by atoms with Gasteiger partial charge in [-0.15, -0.1) is 11.3 Å². The number of nitrogens with zero attached hydrogens (tertiary/aromatic N) is 4. The molecule has 20 heavy (non-hydrogen) atoms. The van der Waals surface area contributed by atoms with Gasteiger partial charge in [0.05, 0.1) is 12.5 Å². The second-order valence-corrected chi connectivity index (χ2v) is 4.68. The molecule has 0 atom stereocenters. The van der Waals surface area contributed by atoms with E-state index < -0.39 is 5.91 Å². The van der Waals surface area contributed by atoms with Crippen molar-refractivity contribution in [3.8, 4) is 16.6 Å². The van der Waals surface area contributed by atoms with Crippen LogP contribution >= 0.6 is 11.3 Å². The number of anilines is 1. The van der Waals surface area contributed by atoms with Gasteiger partial charge in [-0.1, -0.05) is 0 Å². The van der Waals surface area contributed by atoms with Gasteiger partial charge < -0.3 is 10.2 Å². The van der Waals surface area contributed by atoms with E-state index >= 15 is 0 Å². The number of carbonyl (C=O) groups is 1. The number of nitriles is 1. The molecule has 3 aromatic rings. The molecule has 2 N–H and O–H groups in total. The van der Waals surface area contributed by atoms with Crippen LogP contribution < -0.4 is 5.73 Å². The van der Waals surface area contributed by atoms with Crippen LogP contribution in [-0.4, -0.2) is 20.7 Å². The van der Waals surface area contributed by atoms with Gasteiger partial charge in [-0.25, -0.2) is 4.98 Å². The van der Waals surface area contributed by atoms with Crippen LogP contribution in [0.3, 0.4) is 0 Å². The lowest BCUT2D eigenvalue weighted by Gasteiger charge is -1.99. The highest BCUT2D eigenvalue weighted by molar-refractivity contribution is 7.13. The highest BCUT2D eigenvalue weighted by Gasteiger charge is 2.19. The van der Waals surface area contributed by atoms with E-state index in [2.05, 4.69) is 10.1 Å². The highest BCUT2D eigenvalue weighted by atomic mass is 32.1. The van der Waals surface area contributed by atoms with Crippen LogP contribution in [0.4, 0.5) is 5.82 Å². The molecule has 0 spiro atoms. The molecule has 0 unspecified atom stereocenters. The molecule has 3 rings (SSSR count). The molecule has 0 radical (unpaired) electrons. The molecule has 0 amide bonds. The average molecular weight is 285 g/mol. The summed E-state index contributed by atoms with van der Waals surface area (Å²) in [5, 5.41) is 14.9. The van der Waals surface area contributed by atoms with E-state index in [1.807, 2.05) is 6.07 Å². The van der Waals surface area contributed by atoms with Crippen LogP contribution in [0.5, 0.6) is 0 Å².